The Labute approximate surface area is 113 Å². The fourth-order valence-corrected chi connectivity index (χ4v) is 3.83. The molecule has 1 saturated carbocycles. The molecule has 1 aromatic rings. The molecule has 1 N–H and O–H groups in total. The van der Waals surface area contributed by atoms with Crippen LogP contribution in [-0.4, -0.2) is 45.8 Å². The Bertz CT molecular complexity index is 477. The topological polar surface area (TPSA) is 63.1 Å². The number of aryl methyl sites for hydroxylation is 1. The number of carbonyl (C=O) groups is 1. The number of aromatic nitrogens is 3. The van der Waals surface area contributed by atoms with Crippen LogP contribution in [0.15, 0.2) is 6.33 Å². The molecule has 0 bridgehead atoms. The van der Waals surface area contributed by atoms with Crippen LogP contribution in [0.3, 0.4) is 0 Å². The lowest BCUT2D eigenvalue weighted by Gasteiger charge is -2.28. The molecule has 1 aliphatic heterocycles. The van der Waals surface area contributed by atoms with E-state index in [9.17, 15) is 4.79 Å². The number of hydrogen-bond acceptors (Lipinski definition) is 3. The number of likely N-dealkylation sites (tertiary alicyclic amines) is 1. The van der Waals surface area contributed by atoms with Gasteiger partial charge in [-0.25, -0.2) is 4.79 Å². The largest absolute Gasteiger partial charge is 0.341 e. The van der Waals surface area contributed by atoms with Crippen LogP contribution in [0.1, 0.15) is 37.4 Å². The van der Waals surface area contributed by atoms with Gasteiger partial charge in [0.1, 0.15) is 12.2 Å². The first-order valence-corrected chi connectivity index (χ1v) is 6.97. The van der Waals surface area contributed by atoms with Crippen LogP contribution in [-0.2, 0) is 7.05 Å². The highest BCUT2D eigenvalue weighted by atomic mass is 16.2. The Hall–Kier alpha value is -1.59. The van der Waals surface area contributed by atoms with E-state index in [4.69, 9.17) is 0 Å². The Kier molecular flexibility index (Phi) is 2.95. The minimum Gasteiger partial charge on any atom is -0.341 e. The molecule has 1 spiro atoms. The zero-order valence-electron chi connectivity index (χ0n) is 11.6. The molecule has 1 saturated heterocycles. The lowest BCUT2D eigenvalue weighted by molar-refractivity contribution is 0.201. The summed E-state index contributed by atoms with van der Waals surface area (Å²) in [7, 11) is 3.68. The van der Waals surface area contributed by atoms with E-state index in [0.717, 1.165) is 18.9 Å². The molecule has 1 aromatic heterocycles. The molecule has 2 heterocycles. The van der Waals surface area contributed by atoms with Crippen molar-refractivity contribution < 1.29 is 4.79 Å². The van der Waals surface area contributed by atoms with Gasteiger partial charge < -0.3 is 14.8 Å². The van der Waals surface area contributed by atoms with Crippen LogP contribution in [0.5, 0.6) is 0 Å². The third-order valence-electron chi connectivity index (χ3n) is 4.81. The van der Waals surface area contributed by atoms with Crippen molar-refractivity contribution in [2.45, 2.75) is 31.6 Å². The lowest BCUT2D eigenvalue weighted by atomic mass is 9.76. The van der Waals surface area contributed by atoms with E-state index in [1.807, 2.05) is 16.5 Å². The van der Waals surface area contributed by atoms with Gasteiger partial charge in [-0.1, -0.05) is 12.8 Å². The Morgan fingerprint density at radius 2 is 2.21 bits per heavy atom. The molecule has 2 amide bonds. The van der Waals surface area contributed by atoms with Gasteiger partial charge in [0, 0.05) is 33.1 Å². The van der Waals surface area contributed by atoms with E-state index in [-0.39, 0.29) is 11.4 Å². The number of amides is 2. The van der Waals surface area contributed by atoms with Gasteiger partial charge in [-0.05, 0) is 18.3 Å². The molecule has 0 radical (unpaired) electrons. The average Bonchev–Trinajstić information content (AvgIpc) is 3.11. The normalized spacial score (nSPS) is 25.2. The van der Waals surface area contributed by atoms with E-state index < -0.39 is 0 Å². The van der Waals surface area contributed by atoms with Crippen LogP contribution in [0.25, 0.3) is 0 Å². The highest BCUT2D eigenvalue weighted by Crippen LogP contribution is 2.52. The van der Waals surface area contributed by atoms with E-state index >= 15 is 0 Å². The number of urea groups is 1. The summed E-state index contributed by atoms with van der Waals surface area (Å²) in [5, 5.41) is 11.0. The lowest BCUT2D eigenvalue weighted by Crippen LogP contribution is -2.37. The van der Waals surface area contributed by atoms with Crippen molar-refractivity contribution in [2.75, 3.05) is 20.1 Å². The summed E-state index contributed by atoms with van der Waals surface area (Å²) < 4.78 is 2.00. The molecule has 19 heavy (non-hydrogen) atoms. The molecular weight excluding hydrogens is 242 g/mol. The van der Waals surface area contributed by atoms with Crippen molar-refractivity contribution in [1.82, 2.24) is 25.0 Å². The fraction of sp³-hybridized carbons (Fsp3) is 0.769. The number of nitrogens with zero attached hydrogens (tertiary/aromatic N) is 4. The summed E-state index contributed by atoms with van der Waals surface area (Å²) in [5.74, 6) is 1.34. The first-order chi connectivity index (χ1) is 9.16. The molecule has 0 aromatic carbocycles. The molecule has 2 aliphatic rings. The fourth-order valence-electron chi connectivity index (χ4n) is 3.83. The monoisotopic (exact) mass is 263 g/mol. The highest BCUT2D eigenvalue weighted by Gasteiger charge is 2.51. The van der Waals surface area contributed by atoms with Gasteiger partial charge >= 0.3 is 6.03 Å². The summed E-state index contributed by atoms with van der Waals surface area (Å²) >= 11 is 0. The van der Waals surface area contributed by atoms with Gasteiger partial charge in [-0.3, -0.25) is 0 Å². The molecule has 1 atom stereocenters. The molecule has 3 rings (SSSR count). The van der Waals surface area contributed by atoms with Gasteiger partial charge in [0.2, 0.25) is 0 Å². The number of hydrogen-bond donors (Lipinski definition) is 1. The van der Waals surface area contributed by atoms with E-state index in [2.05, 4.69) is 15.5 Å². The number of nitrogens with one attached hydrogen (secondary N) is 1. The van der Waals surface area contributed by atoms with E-state index in [0.29, 0.717) is 5.92 Å². The zero-order valence-corrected chi connectivity index (χ0v) is 11.6. The second-order valence-electron chi connectivity index (χ2n) is 5.86. The van der Waals surface area contributed by atoms with Gasteiger partial charge in [-0.2, -0.15) is 0 Å². The van der Waals surface area contributed by atoms with Gasteiger partial charge in [0.05, 0.1) is 0 Å². The van der Waals surface area contributed by atoms with Crippen LogP contribution in [0.4, 0.5) is 4.79 Å². The number of carbonyl (C=O) groups excluding carboxylic acids is 1. The van der Waals surface area contributed by atoms with Crippen molar-refractivity contribution in [2.24, 2.45) is 12.5 Å². The van der Waals surface area contributed by atoms with Crippen LogP contribution >= 0.6 is 0 Å². The minimum atomic E-state index is 0.0240. The Balaban J connectivity index is 1.92. The first-order valence-electron chi connectivity index (χ1n) is 6.97. The van der Waals surface area contributed by atoms with Crippen molar-refractivity contribution in [3.63, 3.8) is 0 Å². The van der Waals surface area contributed by atoms with Crippen molar-refractivity contribution in [1.29, 1.82) is 0 Å². The van der Waals surface area contributed by atoms with Gasteiger partial charge in [0.15, 0.2) is 0 Å². The molecule has 6 nitrogen and oxygen atoms in total. The predicted octanol–water partition coefficient (Wildman–Crippen LogP) is 1.11. The van der Waals surface area contributed by atoms with Crippen molar-refractivity contribution >= 4 is 6.03 Å². The van der Waals surface area contributed by atoms with Crippen molar-refractivity contribution in [3.8, 4) is 0 Å². The maximum Gasteiger partial charge on any atom is 0.317 e. The quantitative estimate of drug-likeness (QED) is 0.825. The van der Waals surface area contributed by atoms with Crippen LogP contribution < -0.4 is 5.32 Å². The molecule has 2 fully saturated rings. The second kappa shape index (κ2) is 4.51. The second-order valence-corrected chi connectivity index (χ2v) is 5.86. The summed E-state index contributed by atoms with van der Waals surface area (Å²) in [6, 6.07) is 0.0240. The summed E-state index contributed by atoms with van der Waals surface area (Å²) in [6.45, 7) is 1.61. The van der Waals surface area contributed by atoms with E-state index in [1.165, 1.54) is 25.7 Å². The Morgan fingerprint density at radius 1 is 1.47 bits per heavy atom. The maximum absolute atomic E-state index is 11.9. The smallest absolute Gasteiger partial charge is 0.317 e. The Morgan fingerprint density at radius 3 is 2.79 bits per heavy atom. The molecule has 104 valence electrons. The van der Waals surface area contributed by atoms with Crippen LogP contribution in [0, 0.1) is 5.41 Å². The summed E-state index contributed by atoms with van der Waals surface area (Å²) in [4.78, 5) is 13.9. The number of rotatable bonds is 1. The molecular formula is C13H21N5O. The standard InChI is InChI=1S/C13H21N5O/c1-14-12(19)18-7-10(11-16-15-9-17(11)2)13(8-18)5-3-4-6-13/h9-10H,3-8H2,1-2H3,(H,14,19). The molecule has 1 aliphatic carbocycles. The highest BCUT2D eigenvalue weighted by molar-refractivity contribution is 5.74. The van der Waals surface area contributed by atoms with Crippen molar-refractivity contribution in [3.05, 3.63) is 12.2 Å². The van der Waals surface area contributed by atoms with E-state index in [1.54, 1.807) is 13.4 Å². The third-order valence-corrected chi connectivity index (χ3v) is 4.81. The molecule has 6 heteroatoms. The first kappa shape index (κ1) is 12.4. The zero-order chi connectivity index (χ0) is 13.5. The summed E-state index contributed by atoms with van der Waals surface area (Å²) in [6.07, 6.45) is 6.66. The third kappa shape index (κ3) is 1.89. The predicted molar refractivity (Wildman–Crippen MR) is 70.7 cm³/mol. The van der Waals surface area contributed by atoms with Gasteiger partial charge in [0.25, 0.3) is 0 Å². The average molecular weight is 263 g/mol. The maximum atomic E-state index is 11.9. The van der Waals surface area contributed by atoms with Crippen LogP contribution in [0.2, 0.25) is 0 Å². The minimum absolute atomic E-state index is 0.0240. The van der Waals surface area contributed by atoms with Gasteiger partial charge in [-0.15, -0.1) is 10.2 Å². The SMILES string of the molecule is CNC(=O)N1CC(c2nncn2C)C2(CCCC2)C1. The summed E-state index contributed by atoms with van der Waals surface area (Å²) in [5.41, 5.74) is 0.216. The molecule has 1 unspecified atom stereocenters.